The van der Waals surface area contributed by atoms with E-state index in [0.29, 0.717) is 17.2 Å². The van der Waals surface area contributed by atoms with Crippen molar-refractivity contribution in [2.24, 2.45) is 0 Å². The quantitative estimate of drug-likeness (QED) is 0.905. The number of carbonyl (C=O) groups excluding carboxylic acids is 1. The van der Waals surface area contributed by atoms with E-state index in [1.807, 2.05) is 6.92 Å². The molecule has 2 aromatic rings. The van der Waals surface area contributed by atoms with Crippen molar-refractivity contribution >= 4 is 5.91 Å². The predicted octanol–water partition coefficient (Wildman–Crippen LogP) is 4.20. The number of rotatable bonds is 4. The molecule has 3 nitrogen and oxygen atoms in total. The molecule has 0 aliphatic carbocycles. The van der Waals surface area contributed by atoms with Gasteiger partial charge in [0.1, 0.15) is 5.76 Å². The molecule has 20 heavy (non-hydrogen) atoms. The van der Waals surface area contributed by atoms with Crippen LogP contribution in [0.15, 0.2) is 41.0 Å². The number of amides is 1. The zero-order valence-electron chi connectivity index (χ0n) is 12.4. The van der Waals surface area contributed by atoms with Gasteiger partial charge in [0, 0.05) is 0 Å². The van der Waals surface area contributed by atoms with Crippen molar-refractivity contribution in [1.82, 2.24) is 5.32 Å². The average Bonchev–Trinajstić information content (AvgIpc) is 2.85. The van der Waals surface area contributed by atoms with E-state index >= 15 is 0 Å². The van der Waals surface area contributed by atoms with Gasteiger partial charge in [-0.1, -0.05) is 38.1 Å². The largest absolute Gasteiger partial charge is 0.469 e. The zero-order valence-corrected chi connectivity index (χ0v) is 12.4. The Morgan fingerprint density at radius 2 is 1.65 bits per heavy atom. The third kappa shape index (κ3) is 3.10. The molecule has 1 atom stereocenters. The molecule has 0 aliphatic heterocycles. The summed E-state index contributed by atoms with van der Waals surface area (Å²) in [5.41, 5.74) is 3.00. The first-order valence-electron chi connectivity index (χ1n) is 6.94. The van der Waals surface area contributed by atoms with E-state index in [1.165, 1.54) is 11.8 Å². The summed E-state index contributed by atoms with van der Waals surface area (Å²) < 4.78 is 5.15. The Balaban J connectivity index is 2.06. The maximum Gasteiger partial charge on any atom is 0.255 e. The third-order valence-electron chi connectivity index (χ3n) is 3.55. The van der Waals surface area contributed by atoms with Crippen LogP contribution in [0.4, 0.5) is 0 Å². The molecule has 0 saturated heterocycles. The number of hydrogen-bond acceptors (Lipinski definition) is 2. The molecule has 0 radical (unpaired) electrons. The fourth-order valence-corrected chi connectivity index (χ4v) is 2.15. The van der Waals surface area contributed by atoms with Gasteiger partial charge in [-0.3, -0.25) is 4.79 Å². The highest BCUT2D eigenvalue weighted by molar-refractivity contribution is 5.95. The minimum Gasteiger partial charge on any atom is -0.469 e. The third-order valence-corrected chi connectivity index (χ3v) is 3.55. The summed E-state index contributed by atoms with van der Waals surface area (Å²) in [5.74, 6) is 1.06. The lowest BCUT2D eigenvalue weighted by Gasteiger charge is -2.15. The van der Waals surface area contributed by atoms with Crippen LogP contribution in [0.3, 0.4) is 0 Å². The highest BCUT2D eigenvalue weighted by Crippen LogP contribution is 2.19. The van der Waals surface area contributed by atoms with Crippen molar-refractivity contribution in [1.29, 1.82) is 0 Å². The molecule has 0 aliphatic rings. The summed E-state index contributed by atoms with van der Waals surface area (Å²) in [5, 5.41) is 2.99. The molecular weight excluding hydrogens is 250 g/mol. The molecule has 1 aromatic heterocycles. The first-order valence-corrected chi connectivity index (χ1v) is 6.94. The molecule has 0 spiro atoms. The van der Waals surface area contributed by atoms with Crippen LogP contribution in [0, 0.1) is 6.92 Å². The van der Waals surface area contributed by atoms with Gasteiger partial charge < -0.3 is 9.73 Å². The van der Waals surface area contributed by atoms with Crippen molar-refractivity contribution in [3.8, 4) is 0 Å². The van der Waals surface area contributed by atoms with Gasteiger partial charge in [-0.15, -0.1) is 0 Å². The number of carbonyl (C=O) groups is 1. The normalized spacial score (nSPS) is 12.4. The number of benzene rings is 1. The second-order valence-electron chi connectivity index (χ2n) is 5.41. The molecule has 2 rings (SSSR count). The Hall–Kier alpha value is -2.03. The highest BCUT2D eigenvalue weighted by atomic mass is 16.3. The van der Waals surface area contributed by atoms with E-state index < -0.39 is 0 Å². The van der Waals surface area contributed by atoms with Crippen molar-refractivity contribution in [2.75, 3.05) is 0 Å². The van der Waals surface area contributed by atoms with Crippen molar-refractivity contribution in [3.05, 3.63) is 59.0 Å². The smallest absolute Gasteiger partial charge is 0.255 e. The molecular formula is C17H21NO2. The van der Waals surface area contributed by atoms with Crippen molar-refractivity contribution < 1.29 is 9.21 Å². The van der Waals surface area contributed by atoms with Crippen LogP contribution >= 0.6 is 0 Å². The topological polar surface area (TPSA) is 42.2 Å². The minimum atomic E-state index is -0.100. The molecule has 106 valence electrons. The number of furan rings is 1. The van der Waals surface area contributed by atoms with E-state index in [-0.39, 0.29) is 11.9 Å². The van der Waals surface area contributed by atoms with Gasteiger partial charge in [-0.2, -0.15) is 0 Å². The van der Waals surface area contributed by atoms with Crippen LogP contribution < -0.4 is 5.32 Å². The summed E-state index contributed by atoms with van der Waals surface area (Å²) >= 11 is 0. The molecule has 1 unspecified atom stereocenters. The lowest BCUT2D eigenvalue weighted by atomic mass is 9.99. The van der Waals surface area contributed by atoms with Gasteiger partial charge in [0.05, 0.1) is 17.9 Å². The van der Waals surface area contributed by atoms with Crippen LogP contribution in [0.5, 0.6) is 0 Å². The van der Waals surface area contributed by atoms with Gasteiger partial charge in [0.25, 0.3) is 5.91 Å². The Kier molecular flexibility index (Phi) is 4.28. The van der Waals surface area contributed by atoms with Crippen LogP contribution in [0.1, 0.15) is 60.0 Å². The zero-order chi connectivity index (χ0) is 14.7. The van der Waals surface area contributed by atoms with Gasteiger partial charge >= 0.3 is 0 Å². The SMILES string of the molecule is Cc1occc1C(=O)NC(C)c1ccc(C(C)C)cc1. The Morgan fingerprint density at radius 3 is 2.15 bits per heavy atom. The van der Waals surface area contributed by atoms with Crippen LogP contribution in [-0.2, 0) is 0 Å². The summed E-state index contributed by atoms with van der Waals surface area (Å²) in [7, 11) is 0. The lowest BCUT2D eigenvalue weighted by Crippen LogP contribution is -2.26. The van der Waals surface area contributed by atoms with E-state index in [2.05, 4.69) is 43.4 Å². The van der Waals surface area contributed by atoms with Crippen LogP contribution in [-0.4, -0.2) is 5.91 Å². The van der Waals surface area contributed by atoms with Gasteiger partial charge in [0.15, 0.2) is 0 Å². The Labute approximate surface area is 120 Å². The summed E-state index contributed by atoms with van der Waals surface area (Å²) in [6.07, 6.45) is 1.53. The predicted molar refractivity (Wildman–Crippen MR) is 79.9 cm³/mol. The fourth-order valence-electron chi connectivity index (χ4n) is 2.15. The number of hydrogen-bond donors (Lipinski definition) is 1. The second-order valence-corrected chi connectivity index (χ2v) is 5.41. The molecule has 1 heterocycles. The second kappa shape index (κ2) is 5.95. The molecule has 1 aromatic carbocycles. The van der Waals surface area contributed by atoms with E-state index in [4.69, 9.17) is 4.42 Å². The average molecular weight is 271 g/mol. The minimum absolute atomic E-state index is 0.0296. The summed E-state index contributed by atoms with van der Waals surface area (Å²) in [4.78, 5) is 12.1. The Bertz CT molecular complexity index is 581. The molecule has 3 heteroatoms. The van der Waals surface area contributed by atoms with Gasteiger partial charge in [-0.05, 0) is 37.0 Å². The van der Waals surface area contributed by atoms with Crippen molar-refractivity contribution in [2.45, 2.75) is 39.7 Å². The highest BCUT2D eigenvalue weighted by Gasteiger charge is 2.15. The molecule has 0 fully saturated rings. The van der Waals surface area contributed by atoms with Crippen LogP contribution in [0.25, 0.3) is 0 Å². The maximum absolute atomic E-state index is 12.1. The van der Waals surface area contributed by atoms with E-state index in [9.17, 15) is 4.79 Å². The standard InChI is InChI=1S/C17H21NO2/c1-11(2)14-5-7-15(8-6-14)12(3)18-17(19)16-9-10-20-13(16)4/h5-12H,1-4H3,(H,18,19). The first kappa shape index (κ1) is 14.4. The van der Waals surface area contributed by atoms with Crippen molar-refractivity contribution in [3.63, 3.8) is 0 Å². The van der Waals surface area contributed by atoms with Crippen LogP contribution in [0.2, 0.25) is 0 Å². The van der Waals surface area contributed by atoms with E-state index in [0.717, 1.165) is 5.56 Å². The summed E-state index contributed by atoms with van der Waals surface area (Å²) in [6.45, 7) is 8.11. The van der Waals surface area contributed by atoms with E-state index in [1.54, 1.807) is 13.0 Å². The number of nitrogens with one attached hydrogen (secondary N) is 1. The van der Waals surface area contributed by atoms with Gasteiger partial charge in [-0.25, -0.2) is 0 Å². The lowest BCUT2D eigenvalue weighted by molar-refractivity contribution is 0.0938. The molecule has 1 amide bonds. The fraction of sp³-hybridized carbons (Fsp3) is 0.353. The first-order chi connectivity index (χ1) is 9.49. The Morgan fingerprint density at radius 1 is 1.05 bits per heavy atom. The summed E-state index contributed by atoms with van der Waals surface area (Å²) in [6, 6.07) is 10.0. The van der Waals surface area contributed by atoms with Gasteiger partial charge in [0.2, 0.25) is 0 Å². The molecule has 1 N–H and O–H groups in total. The number of aryl methyl sites for hydroxylation is 1. The molecule has 0 saturated carbocycles. The maximum atomic E-state index is 12.1. The molecule has 0 bridgehead atoms. The monoisotopic (exact) mass is 271 g/mol.